The molecule has 1 aromatic carbocycles. The van der Waals surface area contributed by atoms with E-state index >= 15 is 0 Å². The van der Waals surface area contributed by atoms with Gasteiger partial charge in [-0.1, -0.05) is 42.5 Å². The highest BCUT2D eigenvalue weighted by Gasteiger charge is 2.31. The van der Waals surface area contributed by atoms with Crippen LogP contribution < -0.4 is 5.19 Å². The van der Waals surface area contributed by atoms with Crippen molar-refractivity contribution < 1.29 is 13.2 Å². The van der Waals surface area contributed by atoms with Crippen LogP contribution in [-0.2, 0) is 12.3 Å². The lowest BCUT2D eigenvalue weighted by Crippen LogP contribution is -2.45. The maximum Gasteiger partial charge on any atom is 0.416 e. The molecule has 2 nitrogen and oxygen atoms in total. The Balaban J connectivity index is 2.21. The van der Waals surface area contributed by atoms with Gasteiger partial charge in [0, 0.05) is 18.6 Å². The van der Waals surface area contributed by atoms with Crippen molar-refractivity contribution in [2.75, 3.05) is 0 Å². The zero-order valence-corrected chi connectivity index (χ0v) is 11.8. The van der Waals surface area contributed by atoms with Crippen molar-refractivity contribution in [2.24, 2.45) is 0 Å². The van der Waals surface area contributed by atoms with Crippen molar-refractivity contribution >= 4 is 13.3 Å². The number of alkyl halides is 3. The van der Waals surface area contributed by atoms with Gasteiger partial charge in [-0.2, -0.15) is 13.2 Å². The topological polar surface area (TPSA) is 17.8 Å². The van der Waals surface area contributed by atoms with Crippen LogP contribution in [0.15, 0.2) is 43.0 Å². The number of nitrogens with zero attached hydrogens (tertiary/aromatic N) is 2. The maximum atomic E-state index is 12.5. The molecule has 0 aliphatic rings. The molecule has 0 aliphatic carbocycles. The molecule has 0 N–H and O–H groups in total. The van der Waals surface area contributed by atoms with Gasteiger partial charge in [0.25, 0.3) is 0 Å². The molecule has 0 unspecified atom stereocenters. The second-order valence-electron chi connectivity index (χ2n) is 5.19. The lowest BCUT2D eigenvalue weighted by atomic mass is 10.2. The quantitative estimate of drug-likeness (QED) is 0.792. The van der Waals surface area contributed by atoms with Gasteiger partial charge in [-0.25, -0.2) is 4.98 Å². The van der Waals surface area contributed by atoms with Crippen LogP contribution in [-0.4, -0.2) is 17.6 Å². The second kappa shape index (κ2) is 4.84. The molecule has 0 amide bonds. The third kappa shape index (κ3) is 3.26. The van der Waals surface area contributed by atoms with Crippen molar-refractivity contribution in [1.29, 1.82) is 0 Å². The van der Waals surface area contributed by atoms with Gasteiger partial charge in [0.15, 0.2) is 0 Å². The van der Waals surface area contributed by atoms with Crippen molar-refractivity contribution in [3.63, 3.8) is 0 Å². The summed E-state index contributed by atoms with van der Waals surface area (Å²) >= 11 is 0. The molecule has 0 saturated heterocycles. The molecule has 0 fully saturated rings. The number of aromatic nitrogens is 2. The summed E-state index contributed by atoms with van der Waals surface area (Å²) < 4.78 is 39.5. The van der Waals surface area contributed by atoms with E-state index in [0.717, 1.165) is 23.5 Å². The van der Waals surface area contributed by atoms with Crippen LogP contribution in [0, 0.1) is 0 Å². The number of rotatable bonds is 3. The largest absolute Gasteiger partial charge is 0.416 e. The molecule has 6 heteroatoms. The van der Waals surface area contributed by atoms with Crippen LogP contribution in [0.1, 0.15) is 5.56 Å². The monoisotopic (exact) mass is 284 g/mol. The Labute approximate surface area is 110 Å². The molecular weight excluding hydrogens is 269 g/mol. The first-order valence-corrected chi connectivity index (χ1v) is 9.13. The van der Waals surface area contributed by atoms with Gasteiger partial charge in [0.1, 0.15) is 8.07 Å². The van der Waals surface area contributed by atoms with Crippen molar-refractivity contribution in [3.8, 4) is 0 Å². The number of hydrogen-bond donors (Lipinski definition) is 0. The Morgan fingerprint density at radius 3 is 2.26 bits per heavy atom. The van der Waals surface area contributed by atoms with E-state index in [9.17, 15) is 13.2 Å². The molecule has 102 valence electrons. The summed E-state index contributed by atoms with van der Waals surface area (Å²) in [5, 5.41) is 1.01. The first-order valence-electron chi connectivity index (χ1n) is 5.92. The lowest BCUT2D eigenvalue weighted by molar-refractivity contribution is -0.137. The SMILES string of the molecule is C[Si](C)(Cn1ccnc1)c1ccc(C(F)(F)F)cc1. The average Bonchev–Trinajstić information content (AvgIpc) is 2.80. The fourth-order valence-electron chi connectivity index (χ4n) is 2.04. The highest BCUT2D eigenvalue weighted by atomic mass is 28.3. The number of imidazole rings is 1. The Hall–Kier alpha value is -1.56. The molecular formula is C13H15F3N2Si. The van der Waals surface area contributed by atoms with Gasteiger partial charge >= 0.3 is 6.18 Å². The van der Waals surface area contributed by atoms with Crippen LogP contribution in [0.5, 0.6) is 0 Å². The smallest absolute Gasteiger partial charge is 0.340 e. The maximum absolute atomic E-state index is 12.5. The molecule has 2 rings (SSSR count). The fraction of sp³-hybridized carbons (Fsp3) is 0.308. The van der Waals surface area contributed by atoms with Gasteiger partial charge in [-0.05, 0) is 0 Å². The van der Waals surface area contributed by atoms with Crippen molar-refractivity contribution in [1.82, 2.24) is 9.55 Å². The minimum Gasteiger partial charge on any atom is -0.340 e. The molecule has 1 heterocycles. The first kappa shape index (κ1) is 13.9. The molecule has 0 spiro atoms. The molecule has 19 heavy (non-hydrogen) atoms. The predicted octanol–water partition coefficient (Wildman–Crippen LogP) is 3.06. The predicted molar refractivity (Wildman–Crippen MR) is 70.8 cm³/mol. The molecule has 1 aromatic heterocycles. The van der Waals surface area contributed by atoms with E-state index in [2.05, 4.69) is 18.1 Å². The van der Waals surface area contributed by atoms with E-state index in [-0.39, 0.29) is 0 Å². The van der Waals surface area contributed by atoms with Crippen LogP contribution >= 0.6 is 0 Å². The van der Waals surface area contributed by atoms with Crippen LogP contribution in [0.3, 0.4) is 0 Å². The highest BCUT2D eigenvalue weighted by molar-refractivity contribution is 6.88. The summed E-state index contributed by atoms with van der Waals surface area (Å²) in [6.45, 7) is 4.27. The summed E-state index contributed by atoms with van der Waals surface area (Å²) in [6.07, 6.45) is 1.85. The zero-order valence-electron chi connectivity index (χ0n) is 10.8. The average molecular weight is 284 g/mol. The van der Waals surface area contributed by atoms with Crippen LogP contribution in [0.2, 0.25) is 13.1 Å². The van der Waals surface area contributed by atoms with Crippen LogP contribution in [0.4, 0.5) is 13.2 Å². The standard InChI is InChI=1S/C13H15F3N2Si/c1-19(2,10-18-8-7-17-9-18)12-5-3-11(4-6-12)13(14,15)16/h3-9H,10H2,1-2H3. The van der Waals surface area contributed by atoms with E-state index in [0.29, 0.717) is 0 Å². The highest BCUT2D eigenvalue weighted by Crippen LogP contribution is 2.28. The summed E-state index contributed by atoms with van der Waals surface area (Å²) in [5.41, 5.74) is -0.594. The number of benzene rings is 1. The molecule has 2 aromatic rings. The van der Waals surface area contributed by atoms with Gasteiger partial charge in [0.05, 0.1) is 11.9 Å². The normalized spacial score (nSPS) is 12.7. The zero-order chi connectivity index (χ0) is 14.1. The fourth-order valence-corrected chi connectivity index (χ4v) is 4.39. The van der Waals surface area contributed by atoms with E-state index < -0.39 is 19.8 Å². The molecule has 0 bridgehead atoms. The minimum atomic E-state index is -4.27. The molecule has 0 saturated carbocycles. The van der Waals surface area contributed by atoms with E-state index in [4.69, 9.17) is 0 Å². The Kier molecular flexibility index (Phi) is 3.53. The van der Waals surface area contributed by atoms with Gasteiger partial charge in [0.2, 0.25) is 0 Å². The Bertz CT molecular complexity index is 530. The summed E-state index contributed by atoms with van der Waals surface area (Å²) in [5.74, 6) is 0. The van der Waals surface area contributed by atoms with E-state index in [1.165, 1.54) is 0 Å². The third-order valence-electron chi connectivity index (χ3n) is 3.13. The molecule has 0 radical (unpaired) electrons. The third-order valence-corrected chi connectivity index (χ3v) is 6.18. The van der Waals surface area contributed by atoms with E-state index in [1.54, 1.807) is 24.7 Å². The van der Waals surface area contributed by atoms with Gasteiger partial charge in [-0.15, -0.1) is 0 Å². The number of halogens is 3. The van der Waals surface area contributed by atoms with Crippen molar-refractivity contribution in [2.45, 2.75) is 25.4 Å². The Morgan fingerprint density at radius 2 is 1.79 bits per heavy atom. The summed E-state index contributed by atoms with van der Waals surface area (Å²) in [7, 11) is -1.81. The molecule has 0 atom stereocenters. The van der Waals surface area contributed by atoms with Gasteiger partial charge < -0.3 is 4.57 Å². The minimum absolute atomic E-state index is 0.594. The van der Waals surface area contributed by atoms with E-state index in [1.807, 2.05) is 10.8 Å². The summed E-state index contributed by atoms with van der Waals surface area (Å²) in [6, 6.07) is 5.54. The second-order valence-corrected chi connectivity index (χ2v) is 9.86. The Morgan fingerprint density at radius 1 is 1.16 bits per heavy atom. The molecule has 0 aliphatic heterocycles. The lowest BCUT2D eigenvalue weighted by Gasteiger charge is -2.23. The summed E-state index contributed by atoms with van der Waals surface area (Å²) in [4.78, 5) is 3.98. The van der Waals surface area contributed by atoms with Gasteiger partial charge in [-0.3, -0.25) is 0 Å². The first-order chi connectivity index (χ1) is 8.79. The van der Waals surface area contributed by atoms with Crippen LogP contribution in [0.25, 0.3) is 0 Å². The van der Waals surface area contributed by atoms with Crippen molar-refractivity contribution in [3.05, 3.63) is 48.5 Å². The number of hydrogen-bond acceptors (Lipinski definition) is 1.